The van der Waals surface area contributed by atoms with Gasteiger partial charge < -0.3 is 14.8 Å². The first kappa shape index (κ1) is 19.5. The van der Waals surface area contributed by atoms with Crippen molar-refractivity contribution in [1.29, 1.82) is 0 Å². The fourth-order valence-electron chi connectivity index (χ4n) is 3.37. The third-order valence-corrected chi connectivity index (χ3v) is 5.79. The molecule has 29 heavy (non-hydrogen) atoms. The molecule has 152 valence electrons. The fourth-order valence-corrected chi connectivity index (χ4v) is 4.16. The van der Waals surface area contributed by atoms with Crippen LogP contribution in [0.3, 0.4) is 0 Å². The van der Waals surface area contributed by atoms with Gasteiger partial charge in [-0.15, -0.1) is 16.4 Å². The SMILES string of the molecule is COc1ccc([C@H](CNC(=O)c2sccc2-n2cnnn2)N2CCOCC2)cc1. The Bertz CT molecular complexity index is 922. The largest absolute Gasteiger partial charge is 0.497 e. The average Bonchev–Trinajstić information content (AvgIpc) is 3.46. The van der Waals surface area contributed by atoms with Crippen molar-refractivity contribution >= 4 is 17.2 Å². The van der Waals surface area contributed by atoms with Crippen LogP contribution in [0.1, 0.15) is 21.3 Å². The van der Waals surface area contributed by atoms with Crippen LogP contribution in [0.5, 0.6) is 5.75 Å². The average molecular weight is 414 g/mol. The number of hydrogen-bond acceptors (Lipinski definition) is 8. The van der Waals surface area contributed by atoms with E-state index >= 15 is 0 Å². The zero-order valence-corrected chi connectivity index (χ0v) is 16.8. The molecule has 1 aliphatic heterocycles. The predicted molar refractivity (Wildman–Crippen MR) is 107 cm³/mol. The topological polar surface area (TPSA) is 94.4 Å². The number of amides is 1. The number of morpholine rings is 1. The van der Waals surface area contributed by atoms with E-state index in [2.05, 4.69) is 25.7 Å². The number of ether oxygens (including phenoxy) is 2. The van der Waals surface area contributed by atoms with Gasteiger partial charge in [0.1, 0.15) is 17.0 Å². The highest BCUT2D eigenvalue weighted by atomic mass is 32.1. The van der Waals surface area contributed by atoms with E-state index in [1.54, 1.807) is 7.11 Å². The summed E-state index contributed by atoms with van der Waals surface area (Å²) in [5, 5.41) is 16.1. The number of tetrazole rings is 1. The number of nitrogens with zero attached hydrogens (tertiary/aromatic N) is 5. The van der Waals surface area contributed by atoms with E-state index in [0.29, 0.717) is 30.3 Å². The minimum absolute atomic E-state index is 0.0465. The van der Waals surface area contributed by atoms with Crippen LogP contribution in [0.15, 0.2) is 42.0 Å². The molecule has 1 aromatic carbocycles. The number of thiophene rings is 1. The fraction of sp³-hybridized carbons (Fsp3) is 0.368. The molecule has 0 saturated carbocycles. The van der Waals surface area contributed by atoms with E-state index in [1.165, 1.54) is 22.3 Å². The van der Waals surface area contributed by atoms with E-state index < -0.39 is 0 Å². The van der Waals surface area contributed by atoms with E-state index in [0.717, 1.165) is 24.4 Å². The first-order chi connectivity index (χ1) is 14.3. The van der Waals surface area contributed by atoms with Gasteiger partial charge >= 0.3 is 0 Å². The summed E-state index contributed by atoms with van der Waals surface area (Å²) in [5.41, 5.74) is 1.80. The molecule has 3 aromatic rings. The van der Waals surface area contributed by atoms with Gasteiger partial charge in [0.05, 0.1) is 32.1 Å². The van der Waals surface area contributed by atoms with Crippen molar-refractivity contribution in [3.8, 4) is 11.4 Å². The Kier molecular flexibility index (Phi) is 6.13. The first-order valence-electron chi connectivity index (χ1n) is 9.31. The van der Waals surface area contributed by atoms with Gasteiger partial charge in [0.15, 0.2) is 0 Å². The number of rotatable bonds is 7. The number of benzene rings is 1. The molecule has 0 aliphatic carbocycles. The van der Waals surface area contributed by atoms with Gasteiger partial charge in [0, 0.05) is 19.6 Å². The van der Waals surface area contributed by atoms with E-state index in [9.17, 15) is 4.79 Å². The van der Waals surface area contributed by atoms with Gasteiger partial charge in [-0.3, -0.25) is 9.69 Å². The molecule has 9 nitrogen and oxygen atoms in total. The molecule has 0 unspecified atom stereocenters. The van der Waals surface area contributed by atoms with Gasteiger partial charge in [-0.25, -0.2) is 0 Å². The number of hydrogen-bond donors (Lipinski definition) is 1. The summed E-state index contributed by atoms with van der Waals surface area (Å²) in [6.45, 7) is 3.50. The van der Waals surface area contributed by atoms with Crippen molar-refractivity contribution in [3.63, 3.8) is 0 Å². The first-order valence-corrected chi connectivity index (χ1v) is 10.2. The molecule has 1 atom stereocenters. The van der Waals surface area contributed by atoms with Crippen molar-refractivity contribution in [2.75, 3.05) is 40.0 Å². The van der Waals surface area contributed by atoms with Crippen LogP contribution in [-0.2, 0) is 4.74 Å². The summed E-state index contributed by atoms with van der Waals surface area (Å²) in [6, 6.07) is 9.86. The maximum atomic E-state index is 12.9. The highest BCUT2D eigenvalue weighted by Crippen LogP contribution is 2.25. The standard InChI is InChI=1S/C19H22N6O3S/c1-27-15-4-2-14(3-5-15)17(24-7-9-28-10-8-24)12-20-19(26)18-16(6-11-29-18)25-13-21-22-23-25/h2-6,11,13,17H,7-10,12H2,1H3,(H,20,26)/t17-/m0/s1. The van der Waals surface area contributed by atoms with Gasteiger partial charge in [0.2, 0.25) is 0 Å². The number of carbonyl (C=O) groups is 1. The monoisotopic (exact) mass is 414 g/mol. The lowest BCUT2D eigenvalue weighted by Crippen LogP contribution is -2.43. The van der Waals surface area contributed by atoms with Crippen LogP contribution in [0.2, 0.25) is 0 Å². The Morgan fingerprint density at radius 1 is 1.28 bits per heavy atom. The highest BCUT2D eigenvalue weighted by molar-refractivity contribution is 7.12. The molecule has 0 radical (unpaired) electrons. The summed E-state index contributed by atoms with van der Waals surface area (Å²) in [5.74, 6) is 0.667. The van der Waals surface area contributed by atoms with Crippen LogP contribution in [0.25, 0.3) is 5.69 Å². The summed E-state index contributed by atoms with van der Waals surface area (Å²) >= 11 is 1.37. The molecule has 0 bridgehead atoms. The third-order valence-electron chi connectivity index (χ3n) is 4.89. The Balaban J connectivity index is 1.50. The van der Waals surface area contributed by atoms with Crippen molar-refractivity contribution in [2.45, 2.75) is 6.04 Å². The third kappa shape index (κ3) is 4.44. The van der Waals surface area contributed by atoms with Crippen molar-refractivity contribution in [3.05, 3.63) is 52.5 Å². The number of methoxy groups -OCH3 is 1. The summed E-state index contributed by atoms with van der Waals surface area (Å²) in [4.78, 5) is 15.8. The molecule has 1 aliphatic rings. The zero-order chi connectivity index (χ0) is 20.1. The molecule has 10 heteroatoms. The molecular formula is C19H22N6O3S. The van der Waals surface area contributed by atoms with Crippen LogP contribution in [-0.4, -0.2) is 71.0 Å². The Labute approximate surface area is 172 Å². The molecule has 0 spiro atoms. The van der Waals surface area contributed by atoms with E-state index in [-0.39, 0.29) is 11.9 Å². The number of aromatic nitrogens is 4. The quantitative estimate of drug-likeness (QED) is 0.627. The second-order valence-electron chi connectivity index (χ2n) is 6.54. The minimum atomic E-state index is -0.141. The van der Waals surface area contributed by atoms with E-state index in [1.807, 2.05) is 35.7 Å². The lowest BCUT2D eigenvalue weighted by Gasteiger charge is -2.35. The number of carbonyl (C=O) groups excluding carboxylic acids is 1. The molecule has 4 rings (SSSR count). The van der Waals surface area contributed by atoms with Gasteiger partial charge in [-0.05, 0) is 39.6 Å². The molecule has 3 heterocycles. The van der Waals surface area contributed by atoms with Crippen LogP contribution < -0.4 is 10.1 Å². The lowest BCUT2D eigenvalue weighted by atomic mass is 10.0. The molecule has 1 N–H and O–H groups in total. The second kappa shape index (κ2) is 9.12. The van der Waals surface area contributed by atoms with Crippen LogP contribution in [0.4, 0.5) is 0 Å². The Morgan fingerprint density at radius 2 is 2.07 bits per heavy atom. The van der Waals surface area contributed by atoms with Crippen LogP contribution >= 0.6 is 11.3 Å². The predicted octanol–water partition coefficient (Wildman–Crippen LogP) is 1.54. The smallest absolute Gasteiger partial charge is 0.263 e. The van der Waals surface area contributed by atoms with Gasteiger partial charge in [-0.1, -0.05) is 12.1 Å². The summed E-state index contributed by atoms with van der Waals surface area (Å²) in [6.07, 6.45) is 1.48. The van der Waals surface area contributed by atoms with Crippen molar-refractivity contribution < 1.29 is 14.3 Å². The van der Waals surface area contributed by atoms with E-state index in [4.69, 9.17) is 9.47 Å². The molecule has 1 fully saturated rings. The maximum absolute atomic E-state index is 12.9. The maximum Gasteiger partial charge on any atom is 0.263 e. The molecular weight excluding hydrogens is 392 g/mol. The zero-order valence-electron chi connectivity index (χ0n) is 16.0. The molecule has 1 saturated heterocycles. The van der Waals surface area contributed by atoms with Crippen molar-refractivity contribution in [1.82, 2.24) is 30.4 Å². The Morgan fingerprint density at radius 3 is 2.76 bits per heavy atom. The Hall–Kier alpha value is -2.82. The van der Waals surface area contributed by atoms with Crippen LogP contribution in [0, 0.1) is 0 Å². The summed E-state index contributed by atoms with van der Waals surface area (Å²) in [7, 11) is 1.65. The van der Waals surface area contributed by atoms with Gasteiger partial charge in [-0.2, -0.15) is 4.68 Å². The number of nitrogens with one attached hydrogen (secondary N) is 1. The van der Waals surface area contributed by atoms with Crippen molar-refractivity contribution in [2.24, 2.45) is 0 Å². The minimum Gasteiger partial charge on any atom is -0.497 e. The highest BCUT2D eigenvalue weighted by Gasteiger charge is 2.24. The molecule has 2 aromatic heterocycles. The lowest BCUT2D eigenvalue weighted by molar-refractivity contribution is 0.0162. The normalized spacial score (nSPS) is 15.8. The van der Waals surface area contributed by atoms with Gasteiger partial charge in [0.25, 0.3) is 5.91 Å². The second-order valence-corrected chi connectivity index (χ2v) is 7.45. The molecule has 1 amide bonds. The summed E-state index contributed by atoms with van der Waals surface area (Å²) < 4.78 is 12.3.